The van der Waals surface area contributed by atoms with Gasteiger partial charge in [-0.25, -0.2) is 9.37 Å². The quantitative estimate of drug-likeness (QED) is 0.937. The average Bonchev–Trinajstić information content (AvgIpc) is 2.40. The van der Waals surface area contributed by atoms with Crippen molar-refractivity contribution < 1.29 is 9.13 Å². The fourth-order valence-electron chi connectivity index (χ4n) is 1.55. The fourth-order valence-corrected chi connectivity index (χ4v) is 1.79. The standard InChI is InChI=1S/C13H12BrFN2O/c1-18-13-9(3-2-6-16-13)8-17-10-4-5-11(14)12(15)7-10/h2-7,17H,8H2,1H3. The number of anilines is 1. The predicted molar refractivity (Wildman–Crippen MR) is 72.2 cm³/mol. The van der Waals surface area contributed by atoms with Crippen LogP contribution in [-0.4, -0.2) is 12.1 Å². The first-order chi connectivity index (χ1) is 8.70. The number of methoxy groups -OCH3 is 1. The van der Waals surface area contributed by atoms with Gasteiger partial charge in [-0.2, -0.15) is 0 Å². The van der Waals surface area contributed by atoms with Gasteiger partial charge in [-0.3, -0.25) is 0 Å². The highest BCUT2D eigenvalue weighted by Gasteiger charge is 2.04. The van der Waals surface area contributed by atoms with Crippen LogP contribution in [0.5, 0.6) is 5.88 Å². The van der Waals surface area contributed by atoms with E-state index in [9.17, 15) is 4.39 Å². The third-order valence-corrected chi connectivity index (χ3v) is 3.09. The molecular weight excluding hydrogens is 299 g/mol. The fraction of sp³-hybridized carbons (Fsp3) is 0.154. The van der Waals surface area contributed by atoms with Crippen LogP contribution >= 0.6 is 15.9 Å². The molecule has 1 aromatic heterocycles. The molecule has 0 amide bonds. The van der Waals surface area contributed by atoms with Crippen LogP contribution in [-0.2, 0) is 6.54 Å². The van der Waals surface area contributed by atoms with Crippen molar-refractivity contribution in [2.24, 2.45) is 0 Å². The van der Waals surface area contributed by atoms with Crippen molar-refractivity contribution in [3.63, 3.8) is 0 Å². The van der Waals surface area contributed by atoms with E-state index in [1.807, 2.05) is 12.1 Å². The molecule has 0 aliphatic heterocycles. The minimum absolute atomic E-state index is 0.293. The smallest absolute Gasteiger partial charge is 0.218 e. The topological polar surface area (TPSA) is 34.1 Å². The van der Waals surface area contributed by atoms with E-state index in [1.54, 1.807) is 25.4 Å². The Balaban J connectivity index is 2.09. The molecule has 0 aliphatic rings. The number of ether oxygens (including phenoxy) is 1. The van der Waals surface area contributed by atoms with Gasteiger partial charge in [0.2, 0.25) is 5.88 Å². The lowest BCUT2D eigenvalue weighted by molar-refractivity contribution is 0.393. The molecule has 5 heteroatoms. The van der Waals surface area contributed by atoms with Crippen LogP contribution in [0.3, 0.4) is 0 Å². The van der Waals surface area contributed by atoms with E-state index in [4.69, 9.17) is 4.74 Å². The molecule has 0 fully saturated rings. The van der Waals surface area contributed by atoms with Gasteiger partial charge in [-0.05, 0) is 40.2 Å². The maximum atomic E-state index is 13.3. The van der Waals surface area contributed by atoms with Crippen LogP contribution in [0.2, 0.25) is 0 Å². The number of hydrogen-bond donors (Lipinski definition) is 1. The Morgan fingerprint density at radius 1 is 1.39 bits per heavy atom. The van der Waals surface area contributed by atoms with Crippen LogP contribution in [0.1, 0.15) is 5.56 Å². The van der Waals surface area contributed by atoms with Crippen LogP contribution < -0.4 is 10.1 Å². The number of nitrogens with zero attached hydrogens (tertiary/aromatic N) is 1. The first-order valence-electron chi connectivity index (χ1n) is 5.37. The van der Waals surface area contributed by atoms with Crippen molar-refractivity contribution in [1.29, 1.82) is 0 Å². The third-order valence-electron chi connectivity index (χ3n) is 2.45. The molecule has 94 valence electrons. The molecule has 0 unspecified atom stereocenters. The molecule has 0 saturated heterocycles. The van der Waals surface area contributed by atoms with Crippen molar-refractivity contribution in [2.75, 3.05) is 12.4 Å². The number of halogens is 2. The van der Waals surface area contributed by atoms with E-state index in [1.165, 1.54) is 6.07 Å². The zero-order valence-electron chi connectivity index (χ0n) is 9.78. The van der Waals surface area contributed by atoms with E-state index >= 15 is 0 Å². The van der Waals surface area contributed by atoms with Gasteiger partial charge in [0.1, 0.15) is 5.82 Å². The Hall–Kier alpha value is -1.62. The summed E-state index contributed by atoms with van der Waals surface area (Å²) in [7, 11) is 1.57. The summed E-state index contributed by atoms with van der Waals surface area (Å²) >= 11 is 3.12. The minimum Gasteiger partial charge on any atom is -0.481 e. The Labute approximate surface area is 113 Å². The van der Waals surface area contributed by atoms with Gasteiger partial charge in [0.15, 0.2) is 0 Å². The lowest BCUT2D eigenvalue weighted by atomic mass is 10.2. The van der Waals surface area contributed by atoms with E-state index in [-0.39, 0.29) is 5.82 Å². The molecule has 2 aromatic rings. The van der Waals surface area contributed by atoms with Crippen molar-refractivity contribution in [2.45, 2.75) is 6.54 Å². The van der Waals surface area contributed by atoms with E-state index in [0.29, 0.717) is 22.6 Å². The number of rotatable bonds is 4. The maximum absolute atomic E-state index is 13.3. The maximum Gasteiger partial charge on any atom is 0.218 e. The van der Waals surface area contributed by atoms with Gasteiger partial charge in [-0.1, -0.05) is 6.07 Å². The van der Waals surface area contributed by atoms with E-state index in [2.05, 4.69) is 26.2 Å². The molecule has 0 aliphatic carbocycles. The number of pyridine rings is 1. The minimum atomic E-state index is -0.293. The zero-order chi connectivity index (χ0) is 13.0. The number of benzene rings is 1. The van der Waals surface area contributed by atoms with Gasteiger partial charge >= 0.3 is 0 Å². The van der Waals surface area contributed by atoms with Gasteiger partial charge in [0.05, 0.1) is 11.6 Å². The highest BCUT2D eigenvalue weighted by molar-refractivity contribution is 9.10. The Morgan fingerprint density at radius 2 is 2.22 bits per heavy atom. The number of nitrogens with one attached hydrogen (secondary N) is 1. The first-order valence-corrected chi connectivity index (χ1v) is 6.17. The molecule has 0 spiro atoms. The molecule has 0 radical (unpaired) electrons. The molecule has 0 saturated carbocycles. The second kappa shape index (κ2) is 5.82. The third kappa shape index (κ3) is 2.98. The number of aromatic nitrogens is 1. The summed E-state index contributed by atoms with van der Waals surface area (Å²) < 4.78 is 18.9. The molecule has 2 rings (SSSR count). The highest BCUT2D eigenvalue weighted by Crippen LogP contribution is 2.21. The Bertz CT molecular complexity index is 548. The van der Waals surface area contributed by atoms with Crippen molar-refractivity contribution in [3.05, 3.63) is 52.4 Å². The van der Waals surface area contributed by atoms with Crippen LogP contribution in [0.15, 0.2) is 41.0 Å². The lowest BCUT2D eigenvalue weighted by Gasteiger charge is -2.09. The summed E-state index contributed by atoms with van der Waals surface area (Å²) in [6, 6.07) is 8.65. The zero-order valence-corrected chi connectivity index (χ0v) is 11.4. The summed E-state index contributed by atoms with van der Waals surface area (Å²) in [6.07, 6.45) is 1.67. The normalized spacial score (nSPS) is 10.2. The Morgan fingerprint density at radius 3 is 2.94 bits per heavy atom. The van der Waals surface area contributed by atoms with Gasteiger partial charge < -0.3 is 10.1 Å². The molecule has 3 nitrogen and oxygen atoms in total. The monoisotopic (exact) mass is 310 g/mol. The molecule has 0 bridgehead atoms. The molecular formula is C13H12BrFN2O. The van der Waals surface area contributed by atoms with Crippen molar-refractivity contribution in [1.82, 2.24) is 4.98 Å². The van der Waals surface area contributed by atoms with E-state index < -0.39 is 0 Å². The molecule has 1 aromatic carbocycles. The second-order valence-electron chi connectivity index (χ2n) is 3.65. The summed E-state index contributed by atoms with van der Waals surface area (Å²) in [5.41, 5.74) is 1.63. The molecule has 1 heterocycles. The SMILES string of the molecule is COc1ncccc1CNc1ccc(Br)c(F)c1. The van der Waals surface area contributed by atoms with Gasteiger partial charge in [0.25, 0.3) is 0 Å². The van der Waals surface area contributed by atoms with Crippen LogP contribution in [0.4, 0.5) is 10.1 Å². The molecule has 1 N–H and O–H groups in total. The van der Waals surface area contributed by atoms with Crippen LogP contribution in [0.25, 0.3) is 0 Å². The predicted octanol–water partition coefficient (Wildman–Crippen LogP) is 3.60. The summed E-state index contributed by atoms with van der Waals surface area (Å²) in [5.74, 6) is 0.278. The summed E-state index contributed by atoms with van der Waals surface area (Å²) in [6.45, 7) is 0.526. The average molecular weight is 311 g/mol. The van der Waals surface area contributed by atoms with E-state index in [0.717, 1.165) is 5.56 Å². The van der Waals surface area contributed by atoms with Crippen molar-refractivity contribution >= 4 is 21.6 Å². The molecule has 18 heavy (non-hydrogen) atoms. The first kappa shape index (κ1) is 12.8. The summed E-state index contributed by atoms with van der Waals surface area (Å²) in [5, 5.41) is 3.12. The van der Waals surface area contributed by atoms with Gasteiger partial charge in [0, 0.05) is 24.0 Å². The summed E-state index contributed by atoms with van der Waals surface area (Å²) in [4.78, 5) is 4.10. The lowest BCUT2D eigenvalue weighted by Crippen LogP contribution is -2.03. The molecule has 0 atom stereocenters. The highest BCUT2D eigenvalue weighted by atomic mass is 79.9. The largest absolute Gasteiger partial charge is 0.481 e. The Kier molecular flexibility index (Phi) is 4.15. The van der Waals surface area contributed by atoms with Gasteiger partial charge in [-0.15, -0.1) is 0 Å². The second-order valence-corrected chi connectivity index (χ2v) is 4.51. The van der Waals surface area contributed by atoms with Crippen LogP contribution in [0, 0.1) is 5.82 Å². The van der Waals surface area contributed by atoms with Crippen molar-refractivity contribution in [3.8, 4) is 5.88 Å². The number of hydrogen-bond acceptors (Lipinski definition) is 3.